The number of rotatable bonds is 1. The monoisotopic (exact) mass is 313 g/mol. The number of halogens is 3. The Bertz CT molecular complexity index is 577. The molecule has 0 bridgehead atoms. The van der Waals surface area contributed by atoms with Gasteiger partial charge in [0.1, 0.15) is 17.5 Å². The van der Waals surface area contributed by atoms with Crippen molar-refractivity contribution in [2.75, 3.05) is 11.9 Å². The van der Waals surface area contributed by atoms with Crippen LogP contribution in [0.1, 0.15) is 18.0 Å². The summed E-state index contributed by atoms with van der Waals surface area (Å²) < 4.78 is 29.1. The Balaban J connectivity index is 2.08. The molecule has 1 aliphatic rings. The van der Waals surface area contributed by atoms with E-state index in [1.54, 1.807) is 10.9 Å². The molecule has 0 radical (unpaired) electrons. The van der Waals surface area contributed by atoms with Crippen LogP contribution in [0.5, 0.6) is 0 Å². The second-order valence-corrected chi connectivity index (χ2v) is 5.07. The quantitative estimate of drug-likeness (QED) is 0.875. The highest BCUT2D eigenvalue weighted by Gasteiger charge is 2.24. The molecule has 2 aromatic rings. The molecule has 2 heterocycles. The Morgan fingerprint density at radius 2 is 2.00 bits per heavy atom. The maximum atomic E-state index is 13.3. The number of aromatic nitrogens is 2. The third-order valence-corrected chi connectivity index (χ3v) is 3.61. The lowest BCUT2D eigenvalue weighted by Crippen LogP contribution is -2.24. The van der Waals surface area contributed by atoms with E-state index in [4.69, 9.17) is 0 Å². The van der Waals surface area contributed by atoms with Crippen LogP contribution in [-0.2, 0) is 0 Å². The van der Waals surface area contributed by atoms with Gasteiger partial charge in [-0.1, -0.05) is 0 Å². The van der Waals surface area contributed by atoms with E-state index in [0.717, 1.165) is 29.3 Å². The molecule has 1 N–H and O–H groups in total. The number of hydrogen-bond donors (Lipinski definition) is 1. The van der Waals surface area contributed by atoms with Crippen LogP contribution in [0.3, 0.4) is 0 Å². The molecular formula is C12H10BrF2N3. The lowest BCUT2D eigenvalue weighted by atomic mass is 10.0. The highest BCUT2D eigenvalue weighted by atomic mass is 79.9. The molecule has 0 fully saturated rings. The summed E-state index contributed by atoms with van der Waals surface area (Å²) in [6.07, 6.45) is 2.42. The van der Waals surface area contributed by atoms with Crippen molar-refractivity contribution in [3.8, 4) is 0 Å². The minimum atomic E-state index is -0.559. The highest BCUT2D eigenvalue weighted by Crippen LogP contribution is 2.33. The first-order chi connectivity index (χ1) is 8.65. The fraction of sp³-hybridized carbons (Fsp3) is 0.250. The summed E-state index contributed by atoms with van der Waals surface area (Å²) in [4.78, 5) is 0. The largest absolute Gasteiger partial charge is 0.369 e. The minimum Gasteiger partial charge on any atom is -0.369 e. The van der Waals surface area contributed by atoms with E-state index >= 15 is 0 Å². The molecule has 1 aliphatic heterocycles. The van der Waals surface area contributed by atoms with E-state index in [1.165, 1.54) is 12.1 Å². The zero-order valence-corrected chi connectivity index (χ0v) is 10.9. The zero-order chi connectivity index (χ0) is 12.7. The smallest absolute Gasteiger partial charge is 0.139 e. The summed E-state index contributed by atoms with van der Waals surface area (Å²) in [5, 5.41) is 7.44. The van der Waals surface area contributed by atoms with Gasteiger partial charge >= 0.3 is 0 Å². The lowest BCUT2D eigenvalue weighted by Gasteiger charge is -2.26. The van der Waals surface area contributed by atoms with E-state index in [1.807, 2.05) is 0 Å². The predicted molar refractivity (Wildman–Crippen MR) is 67.5 cm³/mol. The molecule has 0 amide bonds. The number of benzene rings is 1. The second-order valence-electron chi connectivity index (χ2n) is 4.22. The predicted octanol–water partition coefficient (Wildman–Crippen LogP) is 3.33. The van der Waals surface area contributed by atoms with Gasteiger partial charge in [0.25, 0.3) is 0 Å². The van der Waals surface area contributed by atoms with Crippen LogP contribution >= 0.6 is 15.9 Å². The Labute approximate surface area is 111 Å². The molecule has 0 saturated carbocycles. The average molecular weight is 314 g/mol. The average Bonchev–Trinajstić information content (AvgIpc) is 2.70. The Kier molecular flexibility index (Phi) is 2.81. The maximum absolute atomic E-state index is 13.3. The molecule has 1 aromatic heterocycles. The molecule has 6 heteroatoms. The summed E-state index contributed by atoms with van der Waals surface area (Å²) in [6.45, 7) is 0.743. The number of hydrogen-bond acceptors (Lipinski definition) is 2. The highest BCUT2D eigenvalue weighted by molar-refractivity contribution is 9.10. The molecule has 0 saturated heterocycles. The summed E-state index contributed by atoms with van der Waals surface area (Å²) in [5.74, 6) is -0.275. The molecule has 18 heavy (non-hydrogen) atoms. The number of nitrogens with zero attached hydrogens (tertiary/aromatic N) is 2. The van der Waals surface area contributed by atoms with Gasteiger partial charge in [-0.25, -0.2) is 13.5 Å². The minimum absolute atomic E-state index is 0.141. The lowest BCUT2D eigenvalue weighted by molar-refractivity contribution is 0.474. The van der Waals surface area contributed by atoms with Crippen LogP contribution < -0.4 is 5.32 Å². The van der Waals surface area contributed by atoms with Crippen LogP contribution in [0, 0.1) is 11.6 Å². The van der Waals surface area contributed by atoms with Gasteiger partial charge in [0.15, 0.2) is 0 Å². The molecule has 3 rings (SSSR count). The molecule has 1 aromatic carbocycles. The first kappa shape index (κ1) is 11.6. The van der Waals surface area contributed by atoms with Crippen LogP contribution in [-0.4, -0.2) is 16.3 Å². The molecule has 1 unspecified atom stereocenters. The number of fused-ring (bicyclic) bond motifs is 1. The van der Waals surface area contributed by atoms with Gasteiger partial charge in [-0.3, -0.25) is 0 Å². The van der Waals surface area contributed by atoms with E-state index in [2.05, 4.69) is 26.3 Å². The Hall–Kier alpha value is -1.43. The van der Waals surface area contributed by atoms with Crippen molar-refractivity contribution in [1.29, 1.82) is 0 Å². The van der Waals surface area contributed by atoms with Crippen LogP contribution in [0.15, 0.2) is 28.9 Å². The summed E-state index contributed by atoms with van der Waals surface area (Å²) >= 11 is 3.39. The van der Waals surface area contributed by atoms with Crippen molar-refractivity contribution >= 4 is 21.7 Å². The first-order valence-electron chi connectivity index (χ1n) is 5.58. The molecule has 0 spiro atoms. The summed E-state index contributed by atoms with van der Waals surface area (Å²) in [6, 6.07) is 3.46. The van der Waals surface area contributed by atoms with Crippen molar-refractivity contribution in [3.63, 3.8) is 0 Å². The molecule has 1 atom stereocenters. The number of anilines is 1. The Morgan fingerprint density at radius 3 is 2.72 bits per heavy atom. The van der Waals surface area contributed by atoms with Gasteiger partial charge in [-0.15, -0.1) is 0 Å². The van der Waals surface area contributed by atoms with Crippen molar-refractivity contribution in [2.24, 2.45) is 0 Å². The van der Waals surface area contributed by atoms with Crippen molar-refractivity contribution < 1.29 is 8.78 Å². The van der Waals surface area contributed by atoms with Crippen molar-refractivity contribution in [3.05, 3.63) is 46.1 Å². The topological polar surface area (TPSA) is 29.9 Å². The zero-order valence-electron chi connectivity index (χ0n) is 9.33. The molecule has 94 valence electrons. The Morgan fingerprint density at radius 1 is 1.28 bits per heavy atom. The SMILES string of the molecule is Fc1cc(F)cc(C2CCNc3c(Br)cnn32)c1. The molecule has 3 nitrogen and oxygen atoms in total. The van der Waals surface area contributed by atoms with Gasteiger partial charge in [-0.2, -0.15) is 5.10 Å². The van der Waals surface area contributed by atoms with Crippen molar-refractivity contribution in [2.45, 2.75) is 12.5 Å². The molecular weight excluding hydrogens is 304 g/mol. The summed E-state index contributed by atoms with van der Waals surface area (Å²) in [5.41, 5.74) is 0.603. The second kappa shape index (κ2) is 4.35. The summed E-state index contributed by atoms with van der Waals surface area (Å²) in [7, 11) is 0. The van der Waals surface area contributed by atoms with Crippen molar-refractivity contribution in [1.82, 2.24) is 9.78 Å². The van der Waals surface area contributed by atoms with Gasteiger partial charge < -0.3 is 5.32 Å². The fourth-order valence-electron chi connectivity index (χ4n) is 2.27. The van der Waals surface area contributed by atoms with Gasteiger partial charge in [0, 0.05) is 12.6 Å². The van der Waals surface area contributed by atoms with Gasteiger partial charge in [-0.05, 0) is 40.0 Å². The van der Waals surface area contributed by atoms with E-state index < -0.39 is 11.6 Å². The number of nitrogens with one attached hydrogen (secondary N) is 1. The maximum Gasteiger partial charge on any atom is 0.139 e. The standard InChI is InChI=1S/C12H10BrF2N3/c13-10-6-17-18-11(1-2-16-12(10)18)7-3-8(14)5-9(15)4-7/h3-6,11,16H,1-2H2. The van der Waals surface area contributed by atoms with E-state index in [-0.39, 0.29) is 6.04 Å². The third kappa shape index (κ3) is 1.90. The first-order valence-corrected chi connectivity index (χ1v) is 6.37. The van der Waals surface area contributed by atoms with E-state index in [9.17, 15) is 8.78 Å². The molecule has 0 aliphatic carbocycles. The third-order valence-electron chi connectivity index (χ3n) is 3.03. The van der Waals surface area contributed by atoms with Crippen LogP contribution in [0.4, 0.5) is 14.6 Å². The normalized spacial score (nSPS) is 18.3. The van der Waals surface area contributed by atoms with Crippen LogP contribution in [0.25, 0.3) is 0 Å². The fourth-order valence-corrected chi connectivity index (χ4v) is 2.68. The van der Waals surface area contributed by atoms with Gasteiger partial charge in [0.05, 0.1) is 16.7 Å². The van der Waals surface area contributed by atoms with E-state index in [0.29, 0.717) is 5.56 Å². The van der Waals surface area contributed by atoms with Gasteiger partial charge in [0.2, 0.25) is 0 Å². The van der Waals surface area contributed by atoms with Crippen LogP contribution in [0.2, 0.25) is 0 Å².